The molecular weight excluding hydrogens is 192 g/mol. The van der Waals surface area contributed by atoms with Crippen molar-refractivity contribution in [3.8, 4) is 11.3 Å². The predicted molar refractivity (Wildman–Crippen MR) is 60.2 cm³/mol. The van der Waals surface area contributed by atoms with Gasteiger partial charge in [-0.25, -0.2) is 0 Å². The fourth-order valence-electron chi connectivity index (χ4n) is 1.26. The molecule has 0 N–H and O–H groups in total. The van der Waals surface area contributed by atoms with Crippen molar-refractivity contribution >= 4 is 17.6 Å². The van der Waals surface area contributed by atoms with Gasteiger partial charge < -0.3 is 0 Å². The molecule has 2 aromatic heterocycles. The zero-order valence-electron chi connectivity index (χ0n) is 7.42. The highest BCUT2D eigenvalue weighted by atomic mass is 32.1. The number of pyridine rings is 2. The van der Waals surface area contributed by atoms with Gasteiger partial charge in [0.2, 0.25) is 0 Å². The molecule has 2 rings (SSSR count). The molecule has 0 saturated carbocycles. The number of rotatable bonds is 2. The first-order valence-corrected chi connectivity index (χ1v) is 4.69. The van der Waals surface area contributed by atoms with Gasteiger partial charge in [0.25, 0.3) is 0 Å². The summed E-state index contributed by atoms with van der Waals surface area (Å²) in [5.74, 6) is 0. The van der Waals surface area contributed by atoms with Gasteiger partial charge in [0.1, 0.15) is 0 Å². The van der Waals surface area contributed by atoms with Crippen molar-refractivity contribution < 1.29 is 0 Å². The maximum absolute atomic E-state index is 4.91. The monoisotopic (exact) mass is 200 g/mol. The fourth-order valence-corrected chi connectivity index (χ4v) is 1.44. The highest BCUT2D eigenvalue weighted by Gasteiger charge is 2.02. The van der Waals surface area contributed by atoms with Crippen molar-refractivity contribution in [2.75, 3.05) is 0 Å². The van der Waals surface area contributed by atoms with Gasteiger partial charge in [0, 0.05) is 35.1 Å². The molecule has 0 spiro atoms. The van der Waals surface area contributed by atoms with E-state index >= 15 is 0 Å². The van der Waals surface area contributed by atoms with Crippen LogP contribution in [-0.4, -0.2) is 15.3 Å². The molecule has 0 aliphatic heterocycles. The maximum atomic E-state index is 4.91. The maximum Gasteiger partial charge on any atom is 0.0709 e. The van der Waals surface area contributed by atoms with Crippen LogP contribution >= 0.6 is 12.2 Å². The summed E-state index contributed by atoms with van der Waals surface area (Å²) in [5.41, 5.74) is 2.88. The molecule has 0 fully saturated rings. The van der Waals surface area contributed by atoms with Crippen LogP contribution in [0.3, 0.4) is 0 Å². The van der Waals surface area contributed by atoms with E-state index in [9.17, 15) is 0 Å². The van der Waals surface area contributed by atoms with Crippen LogP contribution in [0.2, 0.25) is 0 Å². The summed E-state index contributed by atoms with van der Waals surface area (Å²) in [7, 11) is 0. The van der Waals surface area contributed by atoms with Crippen molar-refractivity contribution in [2.24, 2.45) is 0 Å². The number of hydrogen-bond acceptors (Lipinski definition) is 3. The van der Waals surface area contributed by atoms with Crippen LogP contribution in [0, 0.1) is 0 Å². The van der Waals surface area contributed by atoms with Crippen LogP contribution < -0.4 is 0 Å². The first-order valence-electron chi connectivity index (χ1n) is 4.22. The van der Waals surface area contributed by atoms with Gasteiger partial charge in [0.05, 0.1) is 5.69 Å². The van der Waals surface area contributed by atoms with Gasteiger partial charge in [-0.2, -0.15) is 0 Å². The SMILES string of the molecule is S=Cc1cnccc1-c1ccccn1. The largest absolute Gasteiger partial charge is 0.264 e. The molecule has 0 saturated heterocycles. The quantitative estimate of drug-likeness (QED) is 0.696. The van der Waals surface area contributed by atoms with Crippen LogP contribution in [-0.2, 0) is 0 Å². The second kappa shape index (κ2) is 4.07. The summed E-state index contributed by atoms with van der Waals surface area (Å²) in [6, 6.07) is 7.72. The van der Waals surface area contributed by atoms with E-state index in [-0.39, 0.29) is 0 Å². The van der Waals surface area contributed by atoms with Gasteiger partial charge in [-0.3, -0.25) is 9.97 Å². The zero-order valence-corrected chi connectivity index (χ0v) is 8.24. The lowest BCUT2D eigenvalue weighted by Crippen LogP contribution is -1.89. The van der Waals surface area contributed by atoms with Gasteiger partial charge in [-0.1, -0.05) is 18.3 Å². The minimum Gasteiger partial charge on any atom is -0.264 e. The Bertz CT molecular complexity index is 440. The molecule has 14 heavy (non-hydrogen) atoms. The van der Waals surface area contributed by atoms with Crippen molar-refractivity contribution in [1.29, 1.82) is 0 Å². The van der Waals surface area contributed by atoms with Crippen LogP contribution in [0.25, 0.3) is 11.3 Å². The number of thiocarbonyl (C=S) groups is 1. The van der Waals surface area contributed by atoms with Crippen LogP contribution in [0.4, 0.5) is 0 Å². The van der Waals surface area contributed by atoms with E-state index in [1.165, 1.54) is 0 Å². The van der Waals surface area contributed by atoms with Crippen molar-refractivity contribution in [3.63, 3.8) is 0 Å². The Morgan fingerprint density at radius 3 is 2.79 bits per heavy atom. The van der Waals surface area contributed by atoms with E-state index in [1.54, 1.807) is 24.0 Å². The van der Waals surface area contributed by atoms with E-state index in [0.29, 0.717) is 0 Å². The van der Waals surface area contributed by atoms with E-state index < -0.39 is 0 Å². The molecule has 2 heterocycles. The smallest absolute Gasteiger partial charge is 0.0709 e. The first-order chi connectivity index (χ1) is 6.92. The second-order valence-corrected chi connectivity index (χ2v) is 3.03. The predicted octanol–water partition coefficient (Wildman–Crippen LogP) is 2.49. The molecule has 3 heteroatoms. The van der Waals surface area contributed by atoms with Crippen molar-refractivity contribution in [2.45, 2.75) is 0 Å². The summed E-state index contributed by atoms with van der Waals surface area (Å²) in [4.78, 5) is 8.28. The van der Waals surface area contributed by atoms with Crippen LogP contribution in [0.5, 0.6) is 0 Å². The second-order valence-electron chi connectivity index (χ2n) is 2.80. The van der Waals surface area contributed by atoms with Crippen molar-refractivity contribution in [1.82, 2.24) is 9.97 Å². The Hall–Kier alpha value is -1.61. The summed E-state index contributed by atoms with van der Waals surface area (Å²) in [6.45, 7) is 0. The minimum absolute atomic E-state index is 0.922. The van der Waals surface area contributed by atoms with Crippen LogP contribution in [0.1, 0.15) is 5.56 Å². The molecule has 0 aliphatic carbocycles. The molecule has 0 unspecified atom stereocenters. The van der Waals surface area contributed by atoms with Crippen molar-refractivity contribution in [3.05, 3.63) is 48.4 Å². The third kappa shape index (κ3) is 1.67. The summed E-state index contributed by atoms with van der Waals surface area (Å²) >= 11 is 4.91. The van der Waals surface area contributed by atoms with Gasteiger partial charge in [-0.05, 0) is 18.2 Å². The van der Waals surface area contributed by atoms with Gasteiger partial charge in [0.15, 0.2) is 0 Å². The van der Waals surface area contributed by atoms with E-state index in [2.05, 4.69) is 9.97 Å². The topological polar surface area (TPSA) is 25.8 Å². The van der Waals surface area contributed by atoms with E-state index in [1.807, 2.05) is 24.3 Å². The average molecular weight is 200 g/mol. The Kier molecular flexibility index (Phi) is 2.60. The molecule has 2 nitrogen and oxygen atoms in total. The van der Waals surface area contributed by atoms with Gasteiger partial charge >= 0.3 is 0 Å². The Morgan fingerprint density at radius 2 is 2.07 bits per heavy atom. The molecule has 0 amide bonds. The number of aromatic nitrogens is 2. The van der Waals surface area contributed by atoms with E-state index in [4.69, 9.17) is 12.2 Å². The lowest BCUT2D eigenvalue weighted by atomic mass is 10.1. The molecule has 0 radical (unpaired) electrons. The molecule has 0 aliphatic rings. The summed E-state index contributed by atoms with van der Waals surface area (Å²) in [5, 5.41) is 1.62. The fraction of sp³-hybridized carbons (Fsp3) is 0. The Balaban J connectivity index is 2.57. The molecule has 2 aromatic rings. The summed E-state index contributed by atoms with van der Waals surface area (Å²) in [6.07, 6.45) is 5.26. The van der Waals surface area contributed by atoms with Crippen LogP contribution in [0.15, 0.2) is 42.9 Å². The summed E-state index contributed by atoms with van der Waals surface area (Å²) < 4.78 is 0. The van der Waals surface area contributed by atoms with E-state index in [0.717, 1.165) is 16.8 Å². The Labute approximate surface area is 87.7 Å². The molecule has 0 aromatic carbocycles. The normalized spacial score (nSPS) is 9.71. The third-order valence-electron chi connectivity index (χ3n) is 1.92. The minimum atomic E-state index is 0.922. The molecule has 68 valence electrons. The Morgan fingerprint density at radius 1 is 1.14 bits per heavy atom. The molecule has 0 atom stereocenters. The molecular formula is C11H8N2S. The van der Waals surface area contributed by atoms with Gasteiger partial charge in [-0.15, -0.1) is 0 Å². The highest BCUT2D eigenvalue weighted by molar-refractivity contribution is 7.79. The first kappa shape index (κ1) is 8.97. The lowest BCUT2D eigenvalue weighted by molar-refractivity contribution is 1.28. The average Bonchev–Trinajstić information content (AvgIpc) is 2.30. The molecule has 0 bridgehead atoms. The lowest BCUT2D eigenvalue weighted by Gasteiger charge is -2.02. The zero-order chi connectivity index (χ0) is 9.80. The third-order valence-corrected chi connectivity index (χ3v) is 2.17. The standard InChI is InChI=1S/C11H8N2S/c14-8-9-7-12-6-4-10(9)11-3-1-2-5-13-11/h1-8H. The highest BCUT2D eigenvalue weighted by Crippen LogP contribution is 2.18. The number of nitrogens with zero attached hydrogens (tertiary/aromatic N) is 2. The number of hydrogen-bond donors (Lipinski definition) is 0.